The van der Waals surface area contributed by atoms with Crippen LogP contribution in [-0.4, -0.2) is 15.0 Å². The number of nitrogens with zero attached hydrogens (tertiary/aromatic N) is 4. The average molecular weight is 595 g/mol. The van der Waals surface area contributed by atoms with Crippen LogP contribution >= 0.6 is 0 Å². The van der Waals surface area contributed by atoms with Crippen molar-refractivity contribution in [2.45, 2.75) is 43.9 Å². The van der Waals surface area contributed by atoms with Crippen LogP contribution in [0.2, 0.25) is 0 Å². The maximum absolute atomic E-state index is 9.51. The molecule has 222 valence electrons. The highest BCUT2D eigenvalue weighted by molar-refractivity contribution is 6.04. The predicted molar refractivity (Wildman–Crippen MR) is 184 cm³/mol. The summed E-state index contributed by atoms with van der Waals surface area (Å²) in [6, 6.07) is 42.1. The Morgan fingerprint density at radius 3 is 1.72 bits per heavy atom. The summed E-state index contributed by atoms with van der Waals surface area (Å²) in [6.45, 7) is 0. The monoisotopic (exact) mass is 594 g/mol. The van der Waals surface area contributed by atoms with Crippen LogP contribution in [0.3, 0.4) is 0 Å². The Labute approximate surface area is 269 Å². The Balaban J connectivity index is 1.16. The zero-order valence-electron chi connectivity index (χ0n) is 25.7. The summed E-state index contributed by atoms with van der Waals surface area (Å²) in [4.78, 5) is 15.2. The Bertz CT molecular complexity index is 2110. The first-order chi connectivity index (χ1) is 22.6. The summed E-state index contributed by atoms with van der Waals surface area (Å²) >= 11 is 0. The van der Waals surface area contributed by atoms with Crippen molar-refractivity contribution in [1.82, 2.24) is 15.0 Å². The fraction of sp³-hybridized carbons (Fsp3) is 0.238. The molecule has 0 amide bonds. The molecule has 0 aliphatic heterocycles. The number of aromatic nitrogens is 3. The van der Waals surface area contributed by atoms with E-state index in [4.69, 9.17) is 15.0 Å². The van der Waals surface area contributed by atoms with E-state index in [1.807, 2.05) is 36.4 Å². The second-order valence-corrected chi connectivity index (χ2v) is 13.8. The van der Waals surface area contributed by atoms with E-state index in [0.29, 0.717) is 28.5 Å². The molecule has 4 saturated carbocycles. The van der Waals surface area contributed by atoms with Gasteiger partial charge >= 0.3 is 0 Å². The van der Waals surface area contributed by atoms with E-state index in [0.717, 1.165) is 56.3 Å². The van der Waals surface area contributed by atoms with E-state index in [1.165, 1.54) is 44.1 Å². The molecule has 0 unspecified atom stereocenters. The maximum atomic E-state index is 9.51. The van der Waals surface area contributed by atoms with Gasteiger partial charge < -0.3 is 0 Å². The Hall–Kier alpha value is -5.14. The second-order valence-electron chi connectivity index (χ2n) is 13.8. The largest absolute Gasteiger partial charge is 0.208 e. The highest BCUT2D eigenvalue weighted by atomic mass is 15.0. The van der Waals surface area contributed by atoms with E-state index in [9.17, 15) is 5.26 Å². The molecule has 0 radical (unpaired) electrons. The minimum atomic E-state index is 0.361. The third-order valence-electron chi connectivity index (χ3n) is 10.9. The number of nitriles is 1. The van der Waals surface area contributed by atoms with Gasteiger partial charge in [-0.2, -0.15) is 5.26 Å². The Morgan fingerprint density at radius 1 is 0.522 bits per heavy atom. The van der Waals surface area contributed by atoms with Crippen molar-refractivity contribution in [1.29, 1.82) is 5.26 Å². The summed E-state index contributed by atoms with van der Waals surface area (Å²) in [5.41, 5.74) is 7.55. The van der Waals surface area contributed by atoms with Crippen molar-refractivity contribution in [3.8, 4) is 51.4 Å². The number of benzene rings is 5. The summed E-state index contributed by atoms with van der Waals surface area (Å²) in [7, 11) is 0. The predicted octanol–water partition coefficient (Wildman–Crippen LogP) is 10.0. The van der Waals surface area contributed by atoms with Gasteiger partial charge in [-0.3, -0.25) is 0 Å². The summed E-state index contributed by atoms with van der Waals surface area (Å²) in [5.74, 6) is 4.77. The molecule has 4 nitrogen and oxygen atoms in total. The molecule has 4 fully saturated rings. The highest BCUT2D eigenvalue weighted by Crippen LogP contribution is 2.60. The average Bonchev–Trinajstić information content (AvgIpc) is 3.11. The van der Waals surface area contributed by atoms with Gasteiger partial charge in [-0.05, 0) is 107 Å². The van der Waals surface area contributed by atoms with E-state index in [2.05, 4.69) is 84.9 Å². The van der Waals surface area contributed by atoms with Crippen LogP contribution in [0, 0.1) is 29.1 Å². The molecule has 10 rings (SSSR count). The van der Waals surface area contributed by atoms with Crippen LogP contribution in [-0.2, 0) is 5.41 Å². The molecule has 4 aliphatic carbocycles. The first kappa shape index (κ1) is 27.2. The minimum absolute atomic E-state index is 0.361. The molecule has 0 atom stereocenters. The van der Waals surface area contributed by atoms with Gasteiger partial charge in [0, 0.05) is 16.7 Å². The molecule has 0 saturated heterocycles. The number of hydrogen-bond acceptors (Lipinski definition) is 4. The Kier molecular flexibility index (Phi) is 6.35. The smallest absolute Gasteiger partial charge is 0.164 e. The lowest BCUT2D eigenvalue weighted by molar-refractivity contribution is -0.00518. The van der Waals surface area contributed by atoms with Crippen molar-refractivity contribution in [2.24, 2.45) is 17.8 Å². The van der Waals surface area contributed by atoms with Gasteiger partial charge in [-0.15, -0.1) is 0 Å². The van der Waals surface area contributed by atoms with Gasteiger partial charge in [0.1, 0.15) is 0 Å². The molecule has 6 aromatic rings. The minimum Gasteiger partial charge on any atom is -0.208 e. The van der Waals surface area contributed by atoms with Crippen LogP contribution in [0.15, 0.2) is 115 Å². The number of rotatable bonds is 5. The van der Waals surface area contributed by atoms with Crippen molar-refractivity contribution in [3.05, 3.63) is 126 Å². The molecule has 1 heterocycles. The topological polar surface area (TPSA) is 62.5 Å². The van der Waals surface area contributed by atoms with Crippen LogP contribution < -0.4 is 0 Å². The number of fused-ring (bicyclic) bond motifs is 1. The molecule has 4 heteroatoms. The van der Waals surface area contributed by atoms with Crippen molar-refractivity contribution >= 4 is 10.8 Å². The van der Waals surface area contributed by atoms with Gasteiger partial charge in [-0.25, -0.2) is 15.0 Å². The van der Waals surface area contributed by atoms with Gasteiger partial charge in [0.15, 0.2) is 17.5 Å². The third kappa shape index (κ3) is 4.62. The molecule has 0 N–H and O–H groups in total. The van der Waals surface area contributed by atoms with Crippen molar-refractivity contribution in [2.75, 3.05) is 0 Å². The van der Waals surface area contributed by atoms with Crippen molar-refractivity contribution < 1.29 is 0 Å². The number of hydrogen-bond donors (Lipinski definition) is 0. The second kappa shape index (κ2) is 10.7. The fourth-order valence-electron chi connectivity index (χ4n) is 9.28. The third-order valence-corrected chi connectivity index (χ3v) is 10.9. The lowest BCUT2D eigenvalue weighted by Crippen LogP contribution is -2.48. The first-order valence-electron chi connectivity index (χ1n) is 16.6. The maximum Gasteiger partial charge on any atom is 0.164 e. The summed E-state index contributed by atoms with van der Waals surface area (Å²) in [6.07, 6.45) is 8.43. The van der Waals surface area contributed by atoms with E-state index >= 15 is 0 Å². The van der Waals surface area contributed by atoms with Crippen LogP contribution in [0.1, 0.15) is 49.7 Å². The van der Waals surface area contributed by atoms with Gasteiger partial charge in [0.2, 0.25) is 0 Å². The first-order valence-corrected chi connectivity index (χ1v) is 16.6. The van der Waals surface area contributed by atoms with Crippen LogP contribution in [0.4, 0.5) is 0 Å². The van der Waals surface area contributed by atoms with E-state index in [1.54, 1.807) is 0 Å². The molecule has 4 bridgehead atoms. The summed E-state index contributed by atoms with van der Waals surface area (Å²) in [5, 5.41) is 11.7. The van der Waals surface area contributed by atoms with Gasteiger partial charge in [0.05, 0.1) is 11.6 Å². The Morgan fingerprint density at radius 2 is 1.07 bits per heavy atom. The van der Waals surface area contributed by atoms with Gasteiger partial charge in [-0.1, -0.05) is 97.1 Å². The van der Waals surface area contributed by atoms with Crippen LogP contribution in [0.25, 0.3) is 56.1 Å². The molecular weight excluding hydrogens is 560 g/mol. The molecule has 46 heavy (non-hydrogen) atoms. The quantitative estimate of drug-likeness (QED) is 0.199. The standard InChI is InChI=1S/C42H34N4/c43-26-27-7-6-10-33(22-27)35-17-18-38(37-12-5-4-11-36(35)37)41-45-39(31-8-2-1-3-9-31)44-40(46-41)32-13-15-34(16-14-32)42-23-28-19-29(24-42)21-30(20-28)25-42/h1-18,22,28-30H,19-21,23-25H2. The molecule has 1 aromatic heterocycles. The van der Waals surface area contributed by atoms with E-state index in [-0.39, 0.29) is 0 Å². The van der Waals surface area contributed by atoms with Crippen molar-refractivity contribution in [3.63, 3.8) is 0 Å². The molecule has 0 spiro atoms. The zero-order chi connectivity index (χ0) is 30.7. The highest BCUT2D eigenvalue weighted by Gasteiger charge is 2.51. The van der Waals surface area contributed by atoms with Gasteiger partial charge in [0.25, 0.3) is 0 Å². The zero-order valence-corrected chi connectivity index (χ0v) is 25.7. The summed E-state index contributed by atoms with van der Waals surface area (Å²) < 4.78 is 0. The lowest BCUT2D eigenvalue weighted by Gasteiger charge is -2.57. The SMILES string of the molecule is N#Cc1cccc(-c2ccc(-c3nc(-c4ccccc4)nc(-c4ccc(C56CC7CC(CC(C7)C5)C6)cc4)n3)c3ccccc23)c1. The normalized spacial score (nSPS) is 23.0. The van der Waals surface area contributed by atoms with E-state index < -0.39 is 0 Å². The molecule has 4 aliphatic rings. The molecule has 5 aromatic carbocycles. The van der Waals surface area contributed by atoms with Crippen LogP contribution in [0.5, 0.6) is 0 Å². The molecular formula is C42H34N4. The lowest BCUT2D eigenvalue weighted by atomic mass is 9.48. The fourth-order valence-corrected chi connectivity index (χ4v) is 9.28.